The van der Waals surface area contributed by atoms with E-state index in [-0.39, 0.29) is 50.3 Å². The van der Waals surface area contributed by atoms with Crippen LogP contribution in [-0.4, -0.2) is 0 Å². The largest absolute Gasteiger partial charge is 0.263 e. The number of halogens is 2. The van der Waals surface area contributed by atoms with Gasteiger partial charge in [-0.3, -0.25) is 6.08 Å². The van der Waals surface area contributed by atoms with Crippen molar-refractivity contribution in [2.24, 2.45) is 5.41 Å². The molecule has 0 fully saturated rings. The average molecular weight is 400 g/mol. The van der Waals surface area contributed by atoms with Crippen LogP contribution in [0.15, 0.2) is 16.7 Å². The van der Waals surface area contributed by atoms with Gasteiger partial charge in [-0.25, -0.2) is 5.57 Å². The second-order valence-electron chi connectivity index (χ2n) is 3.62. The standard InChI is InChI=1S/C10H15.2ClH.Ir/c1-7-6-10(4,5)9(3)8(7)2;;;/h1-5H3;2*1H;/q-1;;;. The zero-order valence-electron chi connectivity index (χ0n) is 8.65. The number of hydrogen-bond donors (Lipinski definition) is 0. The molecule has 0 amide bonds. The fourth-order valence-corrected chi connectivity index (χ4v) is 1.41. The third-order valence-corrected chi connectivity index (χ3v) is 2.56. The van der Waals surface area contributed by atoms with Crippen LogP contribution in [0, 0.1) is 11.5 Å². The monoisotopic (exact) mass is 400 g/mol. The van der Waals surface area contributed by atoms with Crippen LogP contribution in [0.1, 0.15) is 34.6 Å². The molecule has 0 saturated carbocycles. The minimum absolute atomic E-state index is 0. The Hall–Kier alpha value is 0.709. The fourth-order valence-electron chi connectivity index (χ4n) is 1.41. The smallest absolute Gasteiger partial charge is 0 e. The second-order valence-corrected chi connectivity index (χ2v) is 3.62. The predicted molar refractivity (Wildman–Crippen MR) is 59.1 cm³/mol. The van der Waals surface area contributed by atoms with Crippen molar-refractivity contribution in [1.82, 2.24) is 0 Å². The molecule has 1 radical (unpaired) electrons. The molecule has 1 rings (SSSR count). The molecule has 1 aliphatic carbocycles. The molecule has 81 valence electrons. The summed E-state index contributed by atoms with van der Waals surface area (Å²) in [5.41, 5.74) is 4.39. The minimum atomic E-state index is 0. The van der Waals surface area contributed by atoms with Crippen molar-refractivity contribution in [3.8, 4) is 0 Å². The molecular weight excluding hydrogens is 383 g/mol. The Morgan fingerprint density at radius 2 is 1.38 bits per heavy atom. The Morgan fingerprint density at radius 3 is 1.46 bits per heavy atom. The molecule has 0 nitrogen and oxygen atoms in total. The summed E-state index contributed by atoms with van der Waals surface area (Å²) >= 11 is 0. The predicted octanol–water partition coefficient (Wildman–Crippen LogP) is 3.95. The molecule has 0 N–H and O–H groups in total. The molecule has 0 aliphatic heterocycles. The molecule has 13 heavy (non-hydrogen) atoms. The number of rotatable bonds is 0. The van der Waals surface area contributed by atoms with Gasteiger partial charge in [0, 0.05) is 20.1 Å². The van der Waals surface area contributed by atoms with Crippen molar-refractivity contribution in [2.75, 3.05) is 0 Å². The zero-order chi connectivity index (χ0) is 7.94. The van der Waals surface area contributed by atoms with Gasteiger partial charge in [-0.2, -0.15) is 11.1 Å². The molecule has 0 aromatic rings. The summed E-state index contributed by atoms with van der Waals surface area (Å²) in [6.07, 6.45) is 3.44. The summed E-state index contributed by atoms with van der Waals surface area (Å²) in [5, 5.41) is 0. The maximum atomic E-state index is 3.44. The summed E-state index contributed by atoms with van der Waals surface area (Å²) < 4.78 is 0. The first-order valence-corrected chi connectivity index (χ1v) is 3.75. The van der Waals surface area contributed by atoms with E-state index in [1.807, 2.05) is 0 Å². The second kappa shape index (κ2) is 6.24. The molecule has 0 saturated heterocycles. The molecular formula is C10H17Cl2Ir-. The van der Waals surface area contributed by atoms with Crippen molar-refractivity contribution < 1.29 is 20.1 Å². The quantitative estimate of drug-likeness (QED) is 0.540. The van der Waals surface area contributed by atoms with Gasteiger partial charge in [0.1, 0.15) is 0 Å². The van der Waals surface area contributed by atoms with E-state index >= 15 is 0 Å². The summed E-state index contributed by atoms with van der Waals surface area (Å²) in [5.74, 6) is 0. The Labute approximate surface area is 107 Å². The molecule has 1 aliphatic rings. The van der Waals surface area contributed by atoms with Gasteiger partial charge in [-0.15, -0.1) is 31.7 Å². The van der Waals surface area contributed by atoms with Crippen molar-refractivity contribution >= 4 is 24.8 Å². The van der Waals surface area contributed by atoms with E-state index in [1.54, 1.807) is 0 Å². The normalized spacial score (nSPS) is 18.1. The van der Waals surface area contributed by atoms with Crippen LogP contribution in [-0.2, 0) is 20.1 Å². The Morgan fingerprint density at radius 1 is 1.00 bits per heavy atom. The van der Waals surface area contributed by atoms with Crippen LogP contribution in [0.5, 0.6) is 0 Å². The van der Waals surface area contributed by atoms with E-state index in [0.29, 0.717) is 0 Å². The molecule has 0 unspecified atom stereocenters. The first-order valence-electron chi connectivity index (χ1n) is 3.75. The average Bonchev–Trinajstić information content (AvgIpc) is 1.95. The van der Waals surface area contributed by atoms with E-state index < -0.39 is 0 Å². The molecule has 0 aromatic heterocycles. The van der Waals surface area contributed by atoms with Crippen LogP contribution in [0.3, 0.4) is 0 Å². The van der Waals surface area contributed by atoms with Crippen LogP contribution >= 0.6 is 24.8 Å². The van der Waals surface area contributed by atoms with Gasteiger partial charge in [0.25, 0.3) is 0 Å². The van der Waals surface area contributed by atoms with Gasteiger partial charge in [-0.1, -0.05) is 33.1 Å². The zero-order valence-corrected chi connectivity index (χ0v) is 12.7. The van der Waals surface area contributed by atoms with Crippen LogP contribution in [0.4, 0.5) is 0 Å². The van der Waals surface area contributed by atoms with Crippen LogP contribution in [0.25, 0.3) is 0 Å². The van der Waals surface area contributed by atoms with Crippen molar-refractivity contribution in [3.05, 3.63) is 22.8 Å². The van der Waals surface area contributed by atoms with E-state index in [9.17, 15) is 0 Å². The van der Waals surface area contributed by atoms with Gasteiger partial charge in [0.15, 0.2) is 0 Å². The van der Waals surface area contributed by atoms with Gasteiger partial charge >= 0.3 is 0 Å². The number of allylic oxidation sites excluding steroid dienone is 4. The molecule has 0 aromatic carbocycles. The molecule has 0 spiro atoms. The van der Waals surface area contributed by atoms with E-state index in [4.69, 9.17) is 0 Å². The maximum Gasteiger partial charge on any atom is 0 e. The SMILES string of the molecule is CC1=[C-]C(C)(C)C(C)=C1C.Cl.Cl.[Ir]. The third-order valence-electron chi connectivity index (χ3n) is 2.56. The molecule has 0 atom stereocenters. The van der Waals surface area contributed by atoms with E-state index in [1.165, 1.54) is 16.7 Å². The van der Waals surface area contributed by atoms with Gasteiger partial charge in [-0.05, 0) is 0 Å². The van der Waals surface area contributed by atoms with E-state index in [2.05, 4.69) is 40.7 Å². The van der Waals surface area contributed by atoms with Crippen LogP contribution in [0.2, 0.25) is 0 Å². The van der Waals surface area contributed by atoms with Gasteiger partial charge in [0.05, 0.1) is 0 Å². The molecule has 0 heterocycles. The third kappa shape index (κ3) is 3.75. The van der Waals surface area contributed by atoms with E-state index in [0.717, 1.165) is 0 Å². The minimum Gasteiger partial charge on any atom is -0.263 e. The Balaban J connectivity index is -0.000000333. The fraction of sp³-hybridized carbons (Fsp3) is 0.600. The molecule has 3 heteroatoms. The maximum absolute atomic E-state index is 3.44. The van der Waals surface area contributed by atoms with Crippen LogP contribution < -0.4 is 0 Å². The van der Waals surface area contributed by atoms with Crippen molar-refractivity contribution in [1.29, 1.82) is 0 Å². The summed E-state index contributed by atoms with van der Waals surface area (Å²) in [4.78, 5) is 0. The summed E-state index contributed by atoms with van der Waals surface area (Å²) in [6, 6.07) is 0. The first-order chi connectivity index (χ1) is 4.45. The van der Waals surface area contributed by atoms with Crippen molar-refractivity contribution in [2.45, 2.75) is 34.6 Å². The Bertz CT molecular complexity index is 227. The Kier molecular flexibility index (Phi) is 9.27. The topological polar surface area (TPSA) is 0 Å². The van der Waals surface area contributed by atoms with Crippen molar-refractivity contribution in [3.63, 3.8) is 0 Å². The van der Waals surface area contributed by atoms with Gasteiger partial charge in [0.2, 0.25) is 0 Å². The summed E-state index contributed by atoms with van der Waals surface area (Å²) in [7, 11) is 0. The number of hydrogen-bond acceptors (Lipinski definition) is 0. The van der Waals surface area contributed by atoms with Gasteiger partial charge < -0.3 is 0 Å². The summed E-state index contributed by atoms with van der Waals surface area (Å²) in [6.45, 7) is 10.9. The molecule has 0 bridgehead atoms. The first kappa shape index (κ1) is 19.3.